The Hall–Kier alpha value is -2.01. The fourth-order valence-corrected chi connectivity index (χ4v) is 2.40. The topological polar surface area (TPSA) is 76.1 Å². The molecule has 1 aliphatic rings. The van der Waals surface area contributed by atoms with Gasteiger partial charge in [-0.25, -0.2) is 4.68 Å². The minimum Gasteiger partial charge on any atom is -0.508 e. The number of phenolic OH excluding ortho intramolecular Hbond substituents is 1. The van der Waals surface area contributed by atoms with Gasteiger partial charge in [0, 0.05) is 18.5 Å². The van der Waals surface area contributed by atoms with Gasteiger partial charge in [0.15, 0.2) is 0 Å². The third-order valence-corrected chi connectivity index (χ3v) is 3.54. The Morgan fingerprint density at radius 3 is 2.95 bits per heavy atom. The first-order chi connectivity index (χ1) is 9.79. The number of nitrogens with one attached hydrogen (secondary N) is 1. The molecule has 0 unspecified atom stereocenters. The molecule has 3 rings (SSSR count). The van der Waals surface area contributed by atoms with E-state index in [0.717, 1.165) is 24.3 Å². The summed E-state index contributed by atoms with van der Waals surface area (Å²) in [5, 5.41) is 17.5. The summed E-state index contributed by atoms with van der Waals surface area (Å²) in [6.45, 7) is 1.55. The Kier molecular flexibility index (Phi) is 3.60. The van der Waals surface area contributed by atoms with Gasteiger partial charge in [-0.3, -0.25) is 0 Å². The summed E-state index contributed by atoms with van der Waals surface area (Å²) >= 11 is 0. The number of hydrogen-bond acceptors (Lipinski definition) is 4. The largest absolute Gasteiger partial charge is 0.508 e. The summed E-state index contributed by atoms with van der Waals surface area (Å²) < 4.78 is 1.93. The van der Waals surface area contributed by atoms with Crippen LogP contribution < -0.4 is 11.1 Å². The number of hydrogen-bond donors (Lipinski definition) is 3. The molecule has 0 spiro atoms. The molecule has 5 nitrogen and oxygen atoms in total. The lowest BCUT2D eigenvalue weighted by atomic mass is 10.2. The van der Waals surface area contributed by atoms with Crippen LogP contribution in [0.5, 0.6) is 5.75 Å². The fraction of sp³-hybridized carbons (Fsp3) is 0.400. The number of nitrogens with two attached hydrogens (primary N) is 1. The molecule has 0 aliphatic heterocycles. The van der Waals surface area contributed by atoms with E-state index in [1.807, 2.05) is 23.0 Å². The molecule has 1 saturated carbocycles. The number of rotatable bonds is 6. The van der Waals surface area contributed by atoms with Crippen molar-refractivity contribution in [2.45, 2.75) is 25.2 Å². The zero-order valence-electron chi connectivity index (χ0n) is 11.4. The zero-order valence-corrected chi connectivity index (χ0v) is 11.4. The average molecular weight is 272 g/mol. The highest BCUT2D eigenvalue weighted by molar-refractivity contribution is 5.53. The van der Waals surface area contributed by atoms with Crippen molar-refractivity contribution >= 4 is 5.69 Å². The molecule has 20 heavy (non-hydrogen) atoms. The standard InChI is InChI=1S/C15H20N4O/c16-7-2-8-17-14-10-18-19(15(14)11-5-6-11)12-3-1-4-13(20)9-12/h1,3-4,9-11,17,20H,2,5-8,16H2. The van der Waals surface area contributed by atoms with E-state index in [1.54, 1.807) is 12.1 Å². The molecule has 0 bridgehead atoms. The maximum Gasteiger partial charge on any atom is 0.117 e. The van der Waals surface area contributed by atoms with Gasteiger partial charge < -0.3 is 16.2 Å². The van der Waals surface area contributed by atoms with Crippen molar-refractivity contribution in [2.75, 3.05) is 18.4 Å². The molecular weight excluding hydrogens is 252 g/mol. The second-order valence-electron chi connectivity index (χ2n) is 5.22. The van der Waals surface area contributed by atoms with E-state index in [0.29, 0.717) is 12.5 Å². The molecule has 5 heteroatoms. The summed E-state index contributed by atoms with van der Waals surface area (Å²) in [7, 11) is 0. The summed E-state index contributed by atoms with van der Waals surface area (Å²) in [4.78, 5) is 0. The molecule has 1 aliphatic carbocycles. The quantitative estimate of drug-likeness (QED) is 0.705. The van der Waals surface area contributed by atoms with Crippen molar-refractivity contribution in [3.05, 3.63) is 36.2 Å². The van der Waals surface area contributed by atoms with E-state index in [4.69, 9.17) is 5.73 Å². The summed E-state index contributed by atoms with van der Waals surface area (Å²) in [6, 6.07) is 7.21. The number of phenols is 1. The Morgan fingerprint density at radius 2 is 2.25 bits per heavy atom. The molecule has 4 N–H and O–H groups in total. The zero-order chi connectivity index (χ0) is 13.9. The lowest BCUT2D eigenvalue weighted by Gasteiger charge is -2.10. The molecule has 106 valence electrons. The average Bonchev–Trinajstić information content (AvgIpc) is 3.20. The molecular formula is C15H20N4O. The monoisotopic (exact) mass is 272 g/mol. The van der Waals surface area contributed by atoms with Gasteiger partial charge in [0.25, 0.3) is 0 Å². The maximum atomic E-state index is 9.63. The highest BCUT2D eigenvalue weighted by Crippen LogP contribution is 2.44. The second-order valence-corrected chi connectivity index (χ2v) is 5.22. The van der Waals surface area contributed by atoms with Gasteiger partial charge in [-0.05, 0) is 37.9 Å². The number of anilines is 1. The van der Waals surface area contributed by atoms with Crippen molar-refractivity contribution < 1.29 is 5.11 Å². The van der Waals surface area contributed by atoms with E-state index in [9.17, 15) is 5.11 Å². The number of nitrogens with zero attached hydrogens (tertiary/aromatic N) is 2. The molecule has 1 aromatic heterocycles. The van der Waals surface area contributed by atoms with Gasteiger partial charge in [-0.2, -0.15) is 5.10 Å². The lowest BCUT2D eigenvalue weighted by Crippen LogP contribution is -2.10. The van der Waals surface area contributed by atoms with Crippen LogP contribution in [0, 0.1) is 0 Å². The van der Waals surface area contributed by atoms with Crippen molar-refractivity contribution in [1.29, 1.82) is 0 Å². The first kappa shape index (κ1) is 13.0. The van der Waals surface area contributed by atoms with Gasteiger partial charge in [0.05, 0.1) is 23.3 Å². The van der Waals surface area contributed by atoms with Crippen LogP contribution in [-0.2, 0) is 0 Å². The molecule has 1 heterocycles. The minimum absolute atomic E-state index is 0.261. The molecule has 1 fully saturated rings. The third kappa shape index (κ3) is 2.63. The van der Waals surface area contributed by atoms with Crippen LogP contribution in [0.1, 0.15) is 30.9 Å². The van der Waals surface area contributed by atoms with E-state index in [-0.39, 0.29) is 5.75 Å². The van der Waals surface area contributed by atoms with Crippen LogP contribution in [0.4, 0.5) is 5.69 Å². The molecule has 2 aromatic rings. The predicted molar refractivity (Wildman–Crippen MR) is 79.4 cm³/mol. The van der Waals surface area contributed by atoms with Gasteiger partial charge in [0.1, 0.15) is 5.75 Å². The van der Waals surface area contributed by atoms with Gasteiger partial charge >= 0.3 is 0 Å². The first-order valence-electron chi connectivity index (χ1n) is 7.11. The minimum atomic E-state index is 0.261. The Morgan fingerprint density at radius 1 is 1.40 bits per heavy atom. The van der Waals surface area contributed by atoms with Crippen molar-refractivity contribution in [3.63, 3.8) is 0 Å². The highest BCUT2D eigenvalue weighted by Gasteiger charge is 2.30. The van der Waals surface area contributed by atoms with Crippen LogP contribution >= 0.6 is 0 Å². The van der Waals surface area contributed by atoms with Gasteiger partial charge in [-0.15, -0.1) is 0 Å². The normalized spacial score (nSPS) is 14.4. The lowest BCUT2D eigenvalue weighted by molar-refractivity contribution is 0.474. The van der Waals surface area contributed by atoms with Crippen LogP contribution in [0.3, 0.4) is 0 Å². The van der Waals surface area contributed by atoms with Gasteiger partial charge in [0.2, 0.25) is 0 Å². The summed E-state index contributed by atoms with van der Waals surface area (Å²) in [5.74, 6) is 0.831. The fourth-order valence-electron chi connectivity index (χ4n) is 2.40. The molecule has 0 amide bonds. The van der Waals surface area contributed by atoms with E-state index >= 15 is 0 Å². The number of benzene rings is 1. The molecule has 0 atom stereocenters. The number of aromatic nitrogens is 2. The molecule has 0 radical (unpaired) electrons. The molecule has 0 saturated heterocycles. The first-order valence-corrected chi connectivity index (χ1v) is 7.11. The van der Waals surface area contributed by atoms with Crippen molar-refractivity contribution in [2.24, 2.45) is 5.73 Å². The van der Waals surface area contributed by atoms with Crippen LogP contribution in [0.2, 0.25) is 0 Å². The SMILES string of the molecule is NCCCNc1cnn(-c2cccc(O)c2)c1C1CC1. The Balaban J connectivity index is 1.91. The number of aromatic hydroxyl groups is 1. The summed E-state index contributed by atoms with van der Waals surface area (Å²) in [5.41, 5.74) is 8.73. The predicted octanol–water partition coefficient (Wildman–Crippen LogP) is 2.22. The van der Waals surface area contributed by atoms with Crippen LogP contribution in [0.25, 0.3) is 5.69 Å². The van der Waals surface area contributed by atoms with Crippen LogP contribution in [-0.4, -0.2) is 28.0 Å². The van der Waals surface area contributed by atoms with Crippen molar-refractivity contribution in [1.82, 2.24) is 9.78 Å². The van der Waals surface area contributed by atoms with E-state index < -0.39 is 0 Å². The van der Waals surface area contributed by atoms with Crippen molar-refractivity contribution in [3.8, 4) is 11.4 Å². The second kappa shape index (κ2) is 5.54. The third-order valence-electron chi connectivity index (χ3n) is 3.54. The van der Waals surface area contributed by atoms with E-state index in [1.165, 1.54) is 18.5 Å². The summed E-state index contributed by atoms with van der Waals surface area (Å²) in [6.07, 6.45) is 5.22. The Labute approximate surface area is 118 Å². The van der Waals surface area contributed by atoms with Gasteiger partial charge in [-0.1, -0.05) is 6.07 Å². The maximum absolute atomic E-state index is 9.63. The smallest absolute Gasteiger partial charge is 0.117 e. The van der Waals surface area contributed by atoms with Crippen LogP contribution in [0.15, 0.2) is 30.5 Å². The molecule has 1 aromatic carbocycles. The Bertz CT molecular complexity index is 589. The van der Waals surface area contributed by atoms with E-state index in [2.05, 4.69) is 10.4 Å². The highest BCUT2D eigenvalue weighted by atomic mass is 16.3.